The fraction of sp³-hybridized carbons (Fsp3) is 0.385. The van der Waals surface area contributed by atoms with Gasteiger partial charge in [-0.05, 0) is 0 Å². The quantitative estimate of drug-likeness (QED) is 0.451. The predicted octanol–water partition coefficient (Wildman–Crippen LogP) is -5.47. The van der Waals surface area contributed by atoms with Gasteiger partial charge in [0.15, 0.2) is 0 Å². The molecule has 0 saturated heterocycles. The molecular formula is C13H15Cl3V. The number of allylic oxidation sites excluding steroid dienone is 8. The van der Waals surface area contributed by atoms with Crippen molar-refractivity contribution in [2.75, 3.05) is 0 Å². The van der Waals surface area contributed by atoms with E-state index in [-0.39, 0.29) is 42.6 Å². The van der Waals surface area contributed by atoms with Crippen molar-refractivity contribution in [1.29, 1.82) is 0 Å². The second kappa shape index (κ2) is 7.76. The van der Waals surface area contributed by atoms with E-state index in [9.17, 15) is 0 Å². The minimum absolute atomic E-state index is 0. The van der Waals surface area contributed by atoms with Crippen LogP contribution in [-0.2, 0) is 17.4 Å². The van der Waals surface area contributed by atoms with Gasteiger partial charge in [0.05, 0.1) is 0 Å². The first kappa shape index (κ1) is 19.7. The molecule has 0 nitrogen and oxygen atoms in total. The summed E-state index contributed by atoms with van der Waals surface area (Å²) in [6, 6.07) is 0. The van der Waals surface area contributed by atoms with E-state index in [1.807, 2.05) is 0 Å². The van der Waals surface area contributed by atoms with E-state index < -0.39 is 0 Å². The Labute approximate surface area is 132 Å². The molecule has 1 atom stereocenters. The molecule has 0 aromatic carbocycles. The molecule has 0 aliphatic heterocycles. The summed E-state index contributed by atoms with van der Waals surface area (Å²) in [5.41, 5.74) is 1.75. The van der Waals surface area contributed by atoms with Gasteiger partial charge in [-0.1, -0.05) is 0 Å². The van der Waals surface area contributed by atoms with E-state index in [4.69, 9.17) is 0 Å². The van der Waals surface area contributed by atoms with Crippen molar-refractivity contribution in [3.63, 3.8) is 0 Å². The maximum Gasteiger partial charge on any atom is -1.00 e. The van der Waals surface area contributed by atoms with Crippen LogP contribution in [0, 0.1) is 11.3 Å². The Hall–Kier alpha value is 0.414. The van der Waals surface area contributed by atoms with Gasteiger partial charge in [0.1, 0.15) is 0 Å². The van der Waals surface area contributed by atoms with Gasteiger partial charge in [-0.25, -0.2) is 0 Å². The number of halogens is 3. The van der Waals surface area contributed by atoms with Gasteiger partial charge >= 0.3 is 95.3 Å². The number of hydrogen-bond acceptors (Lipinski definition) is 0. The molecule has 93 valence electrons. The van der Waals surface area contributed by atoms with E-state index >= 15 is 0 Å². The summed E-state index contributed by atoms with van der Waals surface area (Å²) in [6.45, 7) is 4.61. The smallest absolute Gasteiger partial charge is 1.00 e. The third-order valence-corrected chi connectivity index (χ3v) is 3.71. The Morgan fingerprint density at radius 3 is 2.29 bits per heavy atom. The molecule has 1 unspecified atom stereocenters. The predicted molar refractivity (Wildman–Crippen MR) is 56.3 cm³/mol. The molecule has 17 heavy (non-hydrogen) atoms. The van der Waals surface area contributed by atoms with Crippen LogP contribution in [0.2, 0.25) is 0 Å². The minimum atomic E-state index is 0. The topological polar surface area (TPSA) is 0 Å². The largest absolute Gasteiger partial charge is 1.00 e. The average Bonchev–Trinajstić information content (AvgIpc) is 2.51. The van der Waals surface area contributed by atoms with Crippen LogP contribution in [0.5, 0.6) is 0 Å². The molecule has 2 aliphatic rings. The zero-order valence-electron chi connectivity index (χ0n) is 9.83. The molecule has 0 aromatic heterocycles. The molecule has 0 N–H and O–H groups in total. The summed E-state index contributed by atoms with van der Waals surface area (Å²) in [5.74, 6) is 0.546. The fourth-order valence-electron chi connectivity index (χ4n) is 2.13. The van der Waals surface area contributed by atoms with Crippen LogP contribution >= 0.6 is 0 Å². The maximum absolute atomic E-state index is 2.72. The third kappa shape index (κ3) is 4.22. The second-order valence-electron chi connectivity index (χ2n) is 4.55. The number of rotatable bonds is 1. The molecule has 4 heteroatoms. The molecule has 0 aromatic rings. The normalized spacial score (nSPS) is 23.9. The Morgan fingerprint density at radius 1 is 1.18 bits per heavy atom. The van der Waals surface area contributed by atoms with Crippen molar-refractivity contribution in [2.24, 2.45) is 11.3 Å². The van der Waals surface area contributed by atoms with E-state index in [0.717, 1.165) is 6.42 Å². The van der Waals surface area contributed by atoms with Crippen LogP contribution < -0.4 is 37.2 Å². The van der Waals surface area contributed by atoms with Gasteiger partial charge in [0.25, 0.3) is 0 Å². The van der Waals surface area contributed by atoms with Crippen molar-refractivity contribution >= 4 is 0 Å². The average molecular weight is 329 g/mol. The zero-order chi connectivity index (χ0) is 10.2. The van der Waals surface area contributed by atoms with E-state index in [1.54, 1.807) is 0 Å². The van der Waals surface area contributed by atoms with Gasteiger partial charge < -0.3 is 37.2 Å². The summed E-state index contributed by atoms with van der Waals surface area (Å²) < 4.78 is 1.47. The van der Waals surface area contributed by atoms with Crippen molar-refractivity contribution in [1.82, 2.24) is 0 Å². The van der Waals surface area contributed by atoms with Crippen LogP contribution in [-0.4, -0.2) is 0 Å². The van der Waals surface area contributed by atoms with Crippen molar-refractivity contribution in [3.8, 4) is 0 Å². The van der Waals surface area contributed by atoms with Crippen LogP contribution in [0.4, 0.5) is 0 Å². The summed E-state index contributed by atoms with van der Waals surface area (Å²) in [6.07, 6.45) is 14.6. The third-order valence-electron chi connectivity index (χ3n) is 3.02. The van der Waals surface area contributed by atoms with Gasteiger partial charge in [-0.15, -0.1) is 0 Å². The molecule has 0 amide bonds. The first-order valence-corrected chi connectivity index (χ1v) is 5.76. The summed E-state index contributed by atoms with van der Waals surface area (Å²) in [4.78, 5) is 0. The fourth-order valence-corrected chi connectivity index (χ4v) is 2.63. The van der Waals surface area contributed by atoms with Crippen LogP contribution in [0.15, 0.2) is 46.3 Å². The van der Waals surface area contributed by atoms with Crippen LogP contribution in [0.3, 0.4) is 0 Å². The molecule has 0 heterocycles. The molecule has 0 saturated carbocycles. The summed E-state index contributed by atoms with van der Waals surface area (Å²) >= 11 is 2.72. The molecule has 0 radical (unpaired) electrons. The van der Waals surface area contributed by atoms with Gasteiger partial charge in [-0.2, -0.15) is 0 Å². The maximum atomic E-state index is 2.72. The molecule has 2 rings (SSSR count). The Morgan fingerprint density at radius 2 is 1.82 bits per heavy atom. The minimum Gasteiger partial charge on any atom is -1.00 e. The van der Waals surface area contributed by atoms with E-state index in [1.165, 1.54) is 9.86 Å². The summed E-state index contributed by atoms with van der Waals surface area (Å²) in [5, 5.41) is 0. The van der Waals surface area contributed by atoms with Crippen molar-refractivity contribution in [3.05, 3.63) is 46.3 Å². The van der Waals surface area contributed by atoms with Crippen LogP contribution in [0.1, 0.15) is 20.3 Å². The molecular weight excluding hydrogens is 313 g/mol. The van der Waals surface area contributed by atoms with Crippen LogP contribution in [0.25, 0.3) is 0 Å². The Kier molecular flexibility index (Phi) is 9.02. The van der Waals surface area contributed by atoms with Gasteiger partial charge in [0, 0.05) is 0 Å². The first-order chi connectivity index (χ1) is 6.61. The van der Waals surface area contributed by atoms with Crippen molar-refractivity contribution < 1.29 is 54.6 Å². The van der Waals surface area contributed by atoms with E-state index in [0.29, 0.717) is 5.92 Å². The summed E-state index contributed by atoms with van der Waals surface area (Å²) in [7, 11) is 0. The molecule has 2 aliphatic carbocycles. The monoisotopic (exact) mass is 327 g/mol. The Bertz CT molecular complexity index is 365. The first-order valence-electron chi connectivity index (χ1n) is 5.06. The Balaban J connectivity index is 0. The standard InChI is InChI=1S/C13H15.3ClH.V/c1-13(2)10-6-5-9-12(13)11-7-3-4-8-11;;;;/h3,5-7,9-10,12H,4H2,1-2H3;3*1H;/q;;;;+3/p-3. The molecule has 0 fully saturated rings. The second-order valence-corrected chi connectivity index (χ2v) is 5.39. The van der Waals surface area contributed by atoms with Gasteiger partial charge in [-0.3, -0.25) is 0 Å². The molecule has 0 bridgehead atoms. The zero-order valence-corrected chi connectivity index (χ0v) is 13.5. The molecule has 0 spiro atoms. The van der Waals surface area contributed by atoms with Crippen molar-refractivity contribution in [2.45, 2.75) is 20.3 Å². The van der Waals surface area contributed by atoms with E-state index in [2.05, 4.69) is 67.7 Å². The van der Waals surface area contributed by atoms with Gasteiger partial charge in [0.2, 0.25) is 0 Å². The number of hydrogen-bond donors (Lipinski definition) is 0. The SMILES string of the molecule is CC1(C)C=CC=CC1C1=[C]([V+3])CC=C1.[Cl-].[Cl-].[Cl-].